The van der Waals surface area contributed by atoms with Crippen LogP contribution in [0.2, 0.25) is 0 Å². The van der Waals surface area contributed by atoms with E-state index in [0.29, 0.717) is 11.3 Å². The number of rotatable bonds is 4. The molecule has 2 nitrogen and oxygen atoms in total. The monoisotopic (exact) mass is 327 g/mol. The van der Waals surface area contributed by atoms with E-state index in [-0.39, 0.29) is 5.82 Å². The van der Waals surface area contributed by atoms with E-state index in [0.717, 1.165) is 30.8 Å². The largest absolute Gasteiger partial charge is 0.497 e. The molecule has 0 aliphatic carbocycles. The number of halogens is 1. The second kappa shape index (κ2) is 7.69. The Balaban J connectivity index is 2.09. The van der Waals surface area contributed by atoms with Gasteiger partial charge in [0.05, 0.1) is 7.11 Å². The highest BCUT2D eigenvalue weighted by atomic mass is 19.1. The predicted molar refractivity (Wildman–Crippen MR) is 98.4 cm³/mol. The van der Waals surface area contributed by atoms with Crippen molar-refractivity contribution in [1.82, 2.24) is 0 Å². The van der Waals surface area contributed by atoms with Crippen molar-refractivity contribution in [3.63, 3.8) is 0 Å². The van der Waals surface area contributed by atoms with Gasteiger partial charge in [0.15, 0.2) is 0 Å². The van der Waals surface area contributed by atoms with Crippen LogP contribution in [-0.2, 0) is 6.42 Å². The maximum Gasteiger partial charge on any atom is 0.131 e. The third kappa shape index (κ3) is 3.55. The number of hydrogen-bond acceptors (Lipinski definition) is 2. The lowest BCUT2D eigenvalue weighted by atomic mass is 9.98. The number of ether oxygens (including phenoxy) is 1. The minimum Gasteiger partial charge on any atom is -0.497 e. The van der Waals surface area contributed by atoms with Crippen LogP contribution >= 0.6 is 0 Å². The lowest BCUT2D eigenvalue weighted by molar-refractivity contribution is 0.414. The van der Waals surface area contributed by atoms with Gasteiger partial charge >= 0.3 is 0 Å². The third-order valence-corrected chi connectivity index (χ3v) is 4.88. The fourth-order valence-electron chi connectivity index (χ4n) is 3.44. The molecule has 0 aromatic heterocycles. The first-order valence-electron chi connectivity index (χ1n) is 8.94. The van der Waals surface area contributed by atoms with Crippen LogP contribution in [0.25, 0.3) is 11.1 Å². The van der Waals surface area contributed by atoms with Gasteiger partial charge < -0.3 is 9.64 Å². The summed E-state index contributed by atoms with van der Waals surface area (Å²) in [6, 6.07) is 11.4. The van der Waals surface area contributed by atoms with Gasteiger partial charge in [-0.05, 0) is 49.1 Å². The second-order valence-corrected chi connectivity index (χ2v) is 6.45. The van der Waals surface area contributed by atoms with Gasteiger partial charge in [0.2, 0.25) is 0 Å². The lowest BCUT2D eigenvalue weighted by Gasteiger charge is -2.26. The molecule has 0 saturated carbocycles. The minimum atomic E-state index is -0.198. The Hall–Kier alpha value is -2.03. The quantitative estimate of drug-likeness (QED) is 0.741. The highest BCUT2D eigenvalue weighted by Gasteiger charge is 2.18. The summed E-state index contributed by atoms with van der Waals surface area (Å²) in [5.74, 6) is 0.490. The minimum absolute atomic E-state index is 0.198. The topological polar surface area (TPSA) is 12.5 Å². The normalized spacial score (nSPS) is 15.2. The SMILES string of the molecule is CCc1ccc(-c2cc(OC)ccc2F)c(N2CCCCCC2)c1. The Morgan fingerprint density at radius 3 is 2.38 bits per heavy atom. The van der Waals surface area contributed by atoms with Crippen LogP contribution in [0.5, 0.6) is 5.75 Å². The van der Waals surface area contributed by atoms with Gasteiger partial charge in [0.25, 0.3) is 0 Å². The van der Waals surface area contributed by atoms with E-state index in [1.54, 1.807) is 19.2 Å². The number of hydrogen-bond donors (Lipinski definition) is 0. The van der Waals surface area contributed by atoms with Crippen LogP contribution in [-0.4, -0.2) is 20.2 Å². The van der Waals surface area contributed by atoms with Crippen molar-refractivity contribution in [2.24, 2.45) is 0 Å². The van der Waals surface area contributed by atoms with Gasteiger partial charge in [-0.3, -0.25) is 0 Å². The van der Waals surface area contributed by atoms with Crippen molar-refractivity contribution in [3.05, 3.63) is 47.8 Å². The van der Waals surface area contributed by atoms with Gasteiger partial charge in [-0.1, -0.05) is 31.9 Å². The number of aryl methyl sites for hydroxylation is 1. The van der Waals surface area contributed by atoms with Crippen molar-refractivity contribution >= 4 is 5.69 Å². The molecule has 0 unspecified atom stereocenters. The highest BCUT2D eigenvalue weighted by Crippen LogP contribution is 2.36. The summed E-state index contributed by atoms with van der Waals surface area (Å²) in [4.78, 5) is 2.43. The van der Waals surface area contributed by atoms with E-state index in [1.165, 1.54) is 37.3 Å². The fourth-order valence-corrected chi connectivity index (χ4v) is 3.44. The maximum atomic E-state index is 14.5. The Kier molecular flexibility index (Phi) is 5.39. The van der Waals surface area contributed by atoms with Crippen LogP contribution in [0.1, 0.15) is 38.2 Å². The summed E-state index contributed by atoms with van der Waals surface area (Å²) in [6.45, 7) is 4.25. The Bertz CT molecular complexity index is 690. The standard InChI is InChI=1S/C21H26FNO/c1-3-16-8-10-18(19-15-17(24-2)9-11-20(19)22)21(14-16)23-12-6-4-5-7-13-23/h8-11,14-15H,3-7,12-13H2,1-2H3. The molecule has 2 aromatic carbocycles. The van der Waals surface area contributed by atoms with E-state index in [1.807, 2.05) is 0 Å². The maximum absolute atomic E-state index is 14.5. The molecule has 0 N–H and O–H groups in total. The summed E-state index contributed by atoms with van der Waals surface area (Å²) in [6.07, 6.45) is 5.97. The van der Waals surface area contributed by atoms with Crippen molar-refractivity contribution in [1.29, 1.82) is 0 Å². The first-order chi connectivity index (χ1) is 11.7. The van der Waals surface area contributed by atoms with Crippen molar-refractivity contribution in [3.8, 4) is 16.9 Å². The molecule has 0 atom stereocenters. The average molecular weight is 327 g/mol. The van der Waals surface area contributed by atoms with Crippen LogP contribution < -0.4 is 9.64 Å². The first kappa shape index (κ1) is 16.8. The molecule has 0 radical (unpaired) electrons. The molecule has 1 saturated heterocycles. The third-order valence-electron chi connectivity index (χ3n) is 4.88. The number of benzene rings is 2. The molecule has 0 bridgehead atoms. The van der Waals surface area contributed by atoms with E-state index in [4.69, 9.17) is 4.74 Å². The van der Waals surface area contributed by atoms with Gasteiger partial charge in [-0.15, -0.1) is 0 Å². The molecule has 0 spiro atoms. The van der Waals surface area contributed by atoms with Crippen molar-refractivity contribution in [2.75, 3.05) is 25.1 Å². The Labute approximate surface area is 144 Å². The fraction of sp³-hybridized carbons (Fsp3) is 0.429. The zero-order chi connectivity index (χ0) is 16.9. The average Bonchev–Trinajstić information content (AvgIpc) is 2.91. The molecular weight excluding hydrogens is 301 g/mol. The number of nitrogens with zero attached hydrogens (tertiary/aromatic N) is 1. The molecule has 1 aliphatic rings. The van der Waals surface area contributed by atoms with E-state index in [9.17, 15) is 4.39 Å². The molecule has 3 heteroatoms. The molecule has 1 heterocycles. The number of methoxy groups -OCH3 is 1. The highest BCUT2D eigenvalue weighted by molar-refractivity contribution is 5.80. The van der Waals surface area contributed by atoms with Crippen LogP contribution in [0.4, 0.5) is 10.1 Å². The first-order valence-corrected chi connectivity index (χ1v) is 8.94. The molecule has 128 valence electrons. The summed E-state index contributed by atoms with van der Waals surface area (Å²) < 4.78 is 19.8. The molecule has 1 fully saturated rings. The van der Waals surface area contributed by atoms with Gasteiger partial charge in [-0.2, -0.15) is 0 Å². The summed E-state index contributed by atoms with van der Waals surface area (Å²) in [7, 11) is 1.62. The van der Waals surface area contributed by atoms with Gasteiger partial charge in [0.1, 0.15) is 11.6 Å². The van der Waals surface area contributed by atoms with E-state index < -0.39 is 0 Å². The predicted octanol–water partition coefficient (Wildman–Crippen LogP) is 5.44. The molecule has 0 amide bonds. The van der Waals surface area contributed by atoms with Crippen LogP contribution in [0, 0.1) is 5.82 Å². The molecule has 3 rings (SSSR count). The smallest absolute Gasteiger partial charge is 0.131 e. The van der Waals surface area contributed by atoms with Crippen LogP contribution in [0.3, 0.4) is 0 Å². The summed E-state index contributed by atoms with van der Waals surface area (Å²) in [5.41, 5.74) is 4.03. The Morgan fingerprint density at radius 2 is 1.71 bits per heavy atom. The van der Waals surface area contributed by atoms with E-state index in [2.05, 4.69) is 30.0 Å². The zero-order valence-electron chi connectivity index (χ0n) is 14.6. The second-order valence-electron chi connectivity index (χ2n) is 6.45. The zero-order valence-corrected chi connectivity index (χ0v) is 14.6. The molecule has 1 aliphatic heterocycles. The number of anilines is 1. The van der Waals surface area contributed by atoms with E-state index >= 15 is 0 Å². The van der Waals surface area contributed by atoms with Gasteiger partial charge in [0, 0.05) is 29.9 Å². The van der Waals surface area contributed by atoms with Crippen LogP contribution in [0.15, 0.2) is 36.4 Å². The molecule has 2 aromatic rings. The summed E-state index contributed by atoms with van der Waals surface area (Å²) in [5, 5.41) is 0. The lowest BCUT2D eigenvalue weighted by Crippen LogP contribution is -2.24. The molecule has 24 heavy (non-hydrogen) atoms. The van der Waals surface area contributed by atoms with Crippen molar-refractivity contribution in [2.45, 2.75) is 39.0 Å². The summed E-state index contributed by atoms with van der Waals surface area (Å²) >= 11 is 0. The van der Waals surface area contributed by atoms with Gasteiger partial charge in [-0.25, -0.2) is 4.39 Å². The van der Waals surface area contributed by atoms with Crippen molar-refractivity contribution < 1.29 is 9.13 Å². The molecular formula is C21H26FNO. The Morgan fingerprint density at radius 1 is 0.958 bits per heavy atom.